The van der Waals surface area contributed by atoms with Gasteiger partial charge in [0.15, 0.2) is 0 Å². The first kappa shape index (κ1) is 24.7. The number of benzene rings is 2. The molecule has 9 nitrogen and oxygen atoms in total. The molecule has 2 heterocycles. The van der Waals surface area contributed by atoms with E-state index < -0.39 is 5.91 Å². The van der Waals surface area contributed by atoms with Crippen molar-refractivity contribution in [2.45, 2.75) is 57.7 Å². The number of carbonyl (C=O) groups excluding carboxylic acids is 2. The number of rotatable bonds is 6. The molecule has 9 heteroatoms. The summed E-state index contributed by atoms with van der Waals surface area (Å²) in [5, 5.41) is 6.57. The van der Waals surface area contributed by atoms with Crippen LogP contribution in [0.1, 0.15) is 63.1 Å². The Labute approximate surface area is 216 Å². The maximum atomic E-state index is 13.1. The van der Waals surface area contributed by atoms with Crippen LogP contribution in [0.4, 0.5) is 17.5 Å². The largest absolute Gasteiger partial charge is 0.365 e. The van der Waals surface area contributed by atoms with Crippen LogP contribution in [0.5, 0.6) is 0 Å². The number of amides is 2. The van der Waals surface area contributed by atoms with Crippen molar-refractivity contribution in [2.75, 3.05) is 17.2 Å². The Kier molecular flexibility index (Phi) is 7.05. The van der Waals surface area contributed by atoms with Crippen molar-refractivity contribution in [3.8, 4) is 0 Å². The molecule has 3 aromatic rings. The molecule has 6 N–H and O–H groups in total. The molecule has 2 unspecified atom stereocenters. The van der Waals surface area contributed by atoms with Crippen LogP contribution < -0.4 is 22.1 Å². The van der Waals surface area contributed by atoms with E-state index >= 15 is 0 Å². The topological polar surface area (TPSA) is 139 Å². The smallest absolute Gasteiger partial charge is 0.254 e. The van der Waals surface area contributed by atoms with Gasteiger partial charge in [-0.3, -0.25) is 9.59 Å². The summed E-state index contributed by atoms with van der Waals surface area (Å²) in [5.41, 5.74) is 16.9. The minimum atomic E-state index is -0.615. The van der Waals surface area contributed by atoms with Gasteiger partial charge in [0.2, 0.25) is 5.95 Å². The Morgan fingerprint density at radius 2 is 1.84 bits per heavy atom. The number of nitrogens with two attached hydrogens (primary N) is 2. The second kappa shape index (κ2) is 10.6. The fourth-order valence-corrected chi connectivity index (χ4v) is 5.06. The Morgan fingerprint density at radius 3 is 2.59 bits per heavy atom. The molecule has 1 fully saturated rings. The van der Waals surface area contributed by atoms with Crippen LogP contribution in [0.15, 0.2) is 48.7 Å². The van der Waals surface area contributed by atoms with Crippen LogP contribution in [0.25, 0.3) is 0 Å². The molecule has 1 aromatic heterocycles. The molecule has 2 atom stereocenters. The monoisotopic (exact) mass is 499 g/mol. The molecule has 192 valence electrons. The maximum absolute atomic E-state index is 13.1. The van der Waals surface area contributed by atoms with Crippen molar-refractivity contribution in [1.82, 2.24) is 14.9 Å². The van der Waals surface area contributed by atoms with Crippen molar-refractivity contribution in [3.05, 3.63) is 76.5 Å². The lowest BCUT2D eigenvalue weighted by molar-refractivity contribution is 0.0734. The Bertz CT molecular complexity index is 1310. The summed E-state index contributed by atoms with van der Waals surface area (Å²) in [6.07, 6.45) is 6.36. The summed E-state index contributed by atoms with van der Waals surface area (Å²) < 4.78 is 0. The number of aryl methyl sites for hydroxylation is 1. The van der Waals surface area contributed by atoms with E-state index in [1.165, 1.54) is 11.8 Å². The van der Waals surface area contributed by atoms with Crippen molar-refractivity contribution in [1.29, 1.82) is 0 Å². The standard InChI is InChI=1S/C28H33N7O2/c1-17-6-8-19(9-7-17)27(37)35-13-12-18-10-11-21(14-20(18)16-35)32-26-22(25(30)36)15-31-28(34-26)33-24-5-3-2-4-23(24)29/h6-11,14-15,23-24H,2-5,12-13,16,29H2,1H3,(H2,30,36)(H2,31,32,33,34). The zero-order valence-electron chi connectivity index (χ0n) is 21.0. The third kappa shape index (κ3) is 5.56. The van der Waals surface area contributed by atoms with E-state index in [9.17, 15) is 9.59 Å². The highest BCUT2D eigenvalue weighted by Crippen LogP contribution is 2.27. The van der Waals surface area contributed by atoms with Crippen LogP contribution in [0.3, 0.4) is 0 Å². The number of anilines is 3. The van der Waals surface area contributed by atoms with Crippen LogP contribution in [0, 0.1) is 6.92 Å². The molecule has 1 saturated carbocycles. The summed E-state index contributed by atoms with van der Waals surface area (Å²) in [5.74, 6) is 0.143. The van der Waals surface area contributed by atoms with Crippen LogP contribution in [0.2, 0.25) is 0 Å². The number of nitrogens with one attached hydrogen (secondary N) is 2. The highest BCUT2D eigenvalue weighted by Gasteiger charge is 2.24. The maximum Gasteiger partial charge on any atom is 0.254 e. The highest BCUT2D eigenvalue weighted by atomic mass is 16.2. The third-order valence-electron chi connectivity index (χ3n) is 7.26. The number of hydrogen-bond acceptors (Lipinski definition) is 7. The predicted octanol–water partition coefficient (Wildman–Crippen LogP) is 3.51. The number of hydrogen-bond donors (Lipinski definition) is 4. The quantitative estimate of drug-likeness (QED) is 0.407. The van der Waals surface area contributed by atoms with Gasteiger partial charge in [0.25, 0.3) is 11.8 Å². The van der Waals surface area contributed by atoms with Crippen molar-refractivity contribution >= 4 is 29.3 Å². The van der Waals surface area contributed by atoms with E-state index in [4.69, 9.17) is 11.5 Å². The number of fused-ring (bicyclic) bond motifs is 1. The van der Waals surface area contributed by atoms with E-state index in [1.807, 2.05) is 48.2 Å². The van der Waals surface area contributed by atoms with Crippen LogP contribution in [-0.2, 0) is 13.0 Å². The molecule has 0 spiro atoms. The van der Waals surface area contributed by atoms with E-state index in [1.54, 1.807) is 0 Å². The summed E-state index contributed by atoms with van der Waals surface area (Å²) in [4.78, 5) is 35.9. The zero-order chi connectivity index (χ0) is 25.9. The summed E-state index contributed by atoms with van der Waals surface area (Å²) >= 11 is 0. The van der Waals surface area contributed by atoms with Gasteiger partial charge in [0, 0.05) is 42.6 Å². The Hall–Kier alpha value is -3.98. The van der Waals surface area contributed by atoms with Gasteiger partial charge in [0.1, 0.15) is 11.4 Å². The number of carbonyl (C=O) groups is 2. The van der Waals surface area contributed by atoms with Gasteiger partial charge in [-0.2, -0.15) is 4.98 Å². The first-order valence-electron chi connectivity index (χ1n) is 12.8. The lowest BCUT2D eigenvalue weighted by atomic mass is 9.91. The fraction of sp³-hybridized carbons (Fsp3) is 0.357. The summed E-state index contributed by atoms with van der Waals surface area (Å²) in [6, 6.07) is 13.8. The highest BCUT2D eigenvalue weighted by molar-refractivity contribution is 5.98. The first-order valence-corrected chi connectivity index (χ1v) is 12.8. The second-order valence-corrected chi connectivity index (χ2v) is 9.97. The first-order chi connectivity index (χ1) is 17.9. The molecule has 0 saturated heterocycles. The average molecular weight is 500 g/mol. The minimum Gasteiger partial charge on any atom is -0.365 e. The molecule has 1 aliphatic carbocycles. The SMILES string of the molecule is Cc1ccc(C(=O)N2CCc3ccc(Nc4nc(NC5CCCCC5N)ncc4C(N)=O)cc3C2)cc1. The van der Waals surface area contributed by atoms with Gasteiger partial charge in [-0.05, 0) is 61.6 Å². The molecule has 2 aliphatic rings. The Morgan fingerprint density at radius 1 is 1.05 bits per heavy atom. The summed E-state index contributed by atoms with van der Waals surface area (Å²) in [6.45, 7) is 3.18. The van der Waals surface area contributed by atoms with Crippen molar-refractivity contribution in [2.24, 2.45) is 11.5 Å². The minimum absolute atomic E-state index is 0.0208. The van der Waals surface area contributed by atoms with Gasteiger partial charge < -0.3 is 27.0 Å². The van der Waals surface area contributed by atoms with Gasteiger partial charge in [0.05, 0.1) is 0 Å². The lowest BCUT2D eigenvalue weighted by Gasteiger charge is -2.30. The number of nitrogens with zero attached hydrogens (tertiary/aromatic N) is 3. The summed E-state index contributed by atoms with van der Waals surface area (Å²) in [7, 11) is 0. The molecule has 1 aliphatic heterocycles. The van der Waals surface area contributed by atoms with Crippen molar-refractivity contribution < 1.29 is 9.59 Å². The lowest BCUT2D eigenvalue weighted by Crippen LogP contribution is -2.43. The van der Waals surface area contributed by atoms with E-state index in [0.29, 0.717) is 30.4 Å². The normalized spacial score (nSPS) is 19.1. The van der Waals surface area contributed by atoms with Gasteiger partial charge in [-0.25, -0.2) is 4.98 Å². The molecule has 37 heavy (non-hydrogen) atoms. The van der Waals surface area contributed by atoms with E-state index in [-0.39, 0.29) is 23.6 Å². The van der Waals surface area contributed by atoms with Gasteiger partial charge in [-0.1, -0.05) is 36.6 Å². The molecule has 0 bridgehead atoms. The molecular weight excluding hydrogens is 466 g/mol. The fourth-order valence-electron chi connectivity index (χ4n) is 5.06. The van der Waals surface area contributed by atoms with Crippen molar-refractivity contribution in [3.63, 3.8) is 0 Å². The van der Waals surface area contributed by atoms with Gasteiger partial charge >= 0.3 is 0 Å². The molecular formula is C28H33N7O2. The third-order valence-corrected chi connectivity index (χ3v) is 7.26. The molecule has 0 radical (unpaired) electrons. The van der Waals surface area contributed by atoms with E-state index in [2.05, 4.69) is 26.7 Å². The van der Waals surface area contributed by atoms with Crippen LogP contribution >= 0.6 is 0 Å². The van der Waals surface area contributed by atoms with Crippen LogP contribution in [-0.4, -0.2) is 45.3 Å². The van der Waals surface area contributed by atoms with Gasteiger partial charge in [-0.15, -0.1) is 0 Å². The number of aromatic nitrogens is 2. The van der Waals surface area contributed by atoms with E-state index in [0.717, 1.165) is 48.9 Å². The second-order valence-electron chi connectivity index (χ2n) is 9.97. The average Bonchev–Trinajstić information content (AvgIpc) is 2.89. The zero-order valence-corrected chi connectivity index (χ0v) is 21.0. The molecule has 2 amide bonds. The Balaban J connectivity index is 1.35. The number of primary amides is 1. The molecule has 2 aromatic carbocycles. The predicted molar refractivity (Wildman–Crippen MR) is 144 cm³/mol. The molecule has 5 rings (SSSR count).